The van der Waals surface area contributed by atoms with Crippen LogP contribution in [-0.4, -0.2) is 50.5 Å². The molecule has 0 bridgehead atoms. The normalized spacial score (nSPS) is 12.2. The maximum Gasteiger partial charge on any atom is 0.244 e. The van der Waals surface area contributed by atoms with E-state index in [1.165, 1.54) is 30.0 Å². The summed E-state index contributed by atoms with van der Waals surface area (Å²) in [7, 11) is -3.94. The molecule has 2 aromatic carbocycles. The molecule has 0 radical (unpaired) electrons. The molecular formula is C21H23Cl4N3O4S. The summed E-state index contributed by atoms with van der Waals surface area (Å²) in [6.45, 7) is 2.89. The second-order valence-corrected chi connectivity index (χ2v) is 10.6. The number of benzene rings is 2. The van der Waals surface area contributed by atoms with E-state index in [4.69, 9.17) is 46.4 Å². The average Bonchev–Trinajstić information content (AvgIpc) is 2.73. The Labute approximate surface area is 213 Å². The fraction of sp³-hybridized carbons (Fsp3) is 0.333. The van der Waals surface area contributed by atoms with Crippen molar-refractivity contribution in [2.24, 2.45) is 0 Å². The Kier molecular flexibility index (Phi) is 9.70. The number of anilines is 1. The van der Waals surface area contributed by atoms with E-state index in [0.29, 0.717) is 22.2 Å². The maximum absolute atomic E-state index is 13.4. The summed E-state index contributed by atoms with van der Waals surface area (Å²) in [5.41, 5.74) is 0.471. The van der Waals surface area contributed by atoms with E-state index in [9.17, 15) is 18.0 Å². The number of nitrogens with zero attached hydrogens (tertiary/aromatic N) is 2. The van der Waals surface area contributed by atoms with Gasteiger partial charge in [0.1, 0.15) is 12.6 Å². The van der Waals surface area contributed by atoms with E-state index >= 15 is 0 Å². The second-order valence-electron chi connectivity index (χ2n) is 7.13. The highest BCUT2D eigenvalue weighted by atomic mass is 35.5. The van der Waals surface area contributed by atoms with Gasteiger partial charge < -0.3 is 10.2 Å². The molecule has 2 aromatic rings. The van der Waals surface area contributed by atoms with E-state index in [0.717, 1.165) is 10.6 Å². The van der Waals surface area contributed by atoms with Crippen LogP contribution in [0.25, 0.3) is 0 Å². The van der Waals surface area contributed by atoms with Gasteiger partial charge in [0.05, 0.1) is 22.0 Å². The molecular weight excluding hydrogens is 532 g/mol. The van der Waals surface area contributed by atoms with Crippen LogP contribution in [0.2, 0.25) is 20.1 Å². The van der Waals surface area contributed by atoms with Gasteiger partial charge in [-0.2, -0.15) is 0 Å². The van der Waals surface area contributed by atoms with E-state index in [1.54, 1.807) is 25.1 Å². The van der Waals surface area contributed by atoms with Crippen LogP contribution in [0.1, 0.15) is 19.4 Å². The Morgan fingerprint density at radius 2 is 1.55 bits per heavy atom. The topological polar surface area (TPSA) is 86.8 Å². The van der Waals surface area contributed by atoms with Gasteiger partial charge in [-0.05, 0) is 38.1 Å². The number of hydrogen-bond acceptors (Lipinski definition) is 4. The third-order valence-corrected chi connectivity index (χ3v) is 7.43. The SMILES string of the molecule is CCNC(=O)[C@@H](C)N(Cc1c(Cl)cccc1Cl)C(=O)CN(c1cccc(Cl)c1Cl)S(C)(=O)=O. The minimum Gasteiger partial charge on any atom is -0.355 e. The minimum absolute atomic E-state index is 0.0186. The van der Waals surface area contributed by atoms with Gasteiger partial charge in [0, 0.05) is 28.7 Å². The molecule has 0 aliphatic heterocycles. The predicted octanol–water partition coefficient (Wildman–Crippen LogP) is 4.62. The standard InChI is InChI=1S/C21H23Cl4N3O4S/c1-4-26-21(30)13(2)27(11-14-15(22)7-5-8-16(14)23)19(29)12-28(33(3,31)32)18-10-6-9-17(24)20(18)25/h5-10,13H,4,11-12H2,1-3H3,(H,26,30)/t13-/m1/s1. The molecule has 2 amide bonds. The van der Waals surface area contributed by atoms with Crippen molar-refractivity contribution in [1.82, 2.24) is 10.2 Å². The monoisotopic (exact) mass is 553 g/mol. The number of amides is 2. The third-order valence-electron chi connectivity index (χ3n) is 4.79. The van der Waals surface area contributed by atoms with Crippen LogP contribution >= 0.6 is 46.4 Å². The number of carbonyl (C=O) groups is 2. The van der Waals surface area contributed by atoms with Gasteiger partial charge >= 0.3 is 0 Å². The highest BCUT2D eigenvalue weighted by Gasteiger charge is 2.31. The molecule has 0 spiro atoms. The number of sulfonamides is 1. The number of nitrogens with one attached hydrogen (secondary N) is 1. The molecule has 33 heavy (non-hydrogen) atoms. The Bertz CT molecular complexity index is 1120. The van der Waals surface area contributed by atoms with Gasteiger partial charge in [-0.15, -0.1) is 0 Å². The van der Waals surface area contributed by atoms with Gasteiger partial charge in [-0.3, -0.25) is 13.9 Å². The van der Waals surface area contributed by atoms with E-state index in [2.05, 4.69) is 5.32 Å². The van der Waals surface area contributed by atoms with Crippen molar-refractivity contribution in [3.05, 3.63) is 62.1 Å². The zero-order chi connectivity index (χ0) is 24.9. The summed E-state index contributed by atoms with van der Waals surface area (Å²) in [5, 5.41) is 3.38. The van der Waals surface area contributed by atoms with Crippen LogP contribution in [0.4, 0.5) is 5.69 Å². The van der Waals surface area contributed by atoms with Crippen LogP contribution in [-0.2, 0) is 26.2 Å². The first-order chi connectivity index (χ1) is 15.4. The van der Waals surface area contributed by atoms with Crippen LogP contribution in [0.5, 0.6) is 0 Å². The molecule has 12 heteroatoms. The van der Waals surface area contributed by atoms with Crippen molar-refractivity contribution in [3.8, 4) is 0 Å². The fourth-order valence-corrected chi connectivity index (χ4v) is 4.86. The summed E-state index contributed by atoms with van der Waals surface area (Å²) in [6, 6.07) is 8.38. The minimum atomic E-state index is -3.94. The quantitative estimate of drug-likeness (QED) is 0.490. The molecule has 7 nitrogen and oxygen atoms in total. The molecule has 0 saturated carbocycles. The van der Waals surface area contributed by atoms with E-state index in [1.807, 2.05) is 0 Å². The fourth-order valence-electron chi connectivity index (χ4n) is 3.04. The van der Waals surface area contributed by atoms with Crippen LogP contribution in [0.3, 0.4) is 0 Å². The molecule has 0 fully saturated rings. The highest BCUT2D eigenvalue weighted by Crippen LogP contribution is 2.34. The Hall–Kier alpha value is -1.71. The van der Waals surface area contributed by atoms with Crippen molar-refractivity contribution in [2.45, 2.75) is 26.4 Å². The van der Waals surface area contributed by atoms with Crippen LogP contribution < -0.4 is 9.62 Å². The molecule has 180 valence electrons. The lowest BCUT2D eigenvalue weighted by atomic mass is 10.1. The average molecular weight is 555 g/mol. The smallest absolute Gasteiger partial charge is 0.244 e. The zero-order valence-electron chi connectivity index (χ0n) is 18.1. The molecule has 1 N–H and O–H groups in total. The molecule has 0 saturated heterocycles. The highest BCUT2D eigenvalue weighted by molar-refractivity contribution is 7.92. The Morgan fingerprint density at radius 3 is 2.09 bits per heavy atom. The lowest BCUT2D eigenvalue weighted by molar-refractivity contribution is -0.139. The first kappa shape index (κ1) is 27.5. The van der Waals surface area contributed by atoms with Gasteiger partial charge in [0.2, 0.25) is 21.8 Å². The lowest BCUT2D eigenvalue weighted by Crippen LogP contribution is -2.51. The number of hydrogen-bond donors (Lipinski definition) is 1. The summed E-state index contributed by atoms with van der Waals surface area (Å²) in [6.07, 6.45) is 0.944. The molecule has 2 rings (SSSR count). The van der Waals surface area contributed by atoms with Crippen molar-refractivity contribution < 1.29 is 18.0 Å². The van der Waals surface area contributed by atoms with Crippen LogP contribution in [0.15, 0.2) is 36.4 Å². The van der Waals surface area contributed by atoms with Gasteiger partial charge in [-0.1, -0.05) is 58.5 Å². The molecule has 0 aliphatic carbocycles. The van der Waals surface area contributed by atoms with Gasteiger partial charge in [0.25, 0.3) is 0 Å². The predicted molar refractivity (Wildman–Crippen MR) is 134 cm³/mol. The molecule has 0 aliphatic rings. The summed E-state index contributed by atoms with van der Waals surface area (Å²) in [5.74, 6) is -1.08. The zero-order valence-corrected chi connectivity index (χ0v) is 22.0. The Morgan fingerprint density at radius 1 is 1.00 bits per heavy atom. The molecule has 1 atom stereocenters. The van der Waals surface area contributed by atoms with Crippen molar-refractivity contribution in [2.75, 3.05) is 23.7 Å². The van der Waals surface area contributed by atoms with E-state index < -0.39 is 34.4 Å². The summed E-state index contributed by atoms with van der Waals surface area (Å²) in [4.78, 5) is 27.2. The van der Waals surface area contributed by atoms with Gasteiger partial charge in [-0.25, -0.2) is 8.42 Å². The van der Waals surface area contributed by atoms with Crippen LogP contribution in [0, 0.1) is 0 Å². The lowest BCUT2D eigenvalue weighted by Gasteiger charge is -2.32. The van der Waals surface area contributed by atoms with Crippen molar-refractivity contribution >= 4 is 73.9 Å². The number of rotatable bonds is 9. The third kappa shape index (κ3) is 6.90. The second kappa shape index (κ2) is 11.6. The first-order valence-corrected chi connectivity index (χ1v) is 13.2. The molecule has 0 unspecified atom stereocenters. The molecule has 0 aromatic heterocycles. The number of halogens is 4. The van der Waals surface area contributed by atoms with Crippen molar-refractivity contribution in [3.63, 3.8) is 0 Å². The Balaban J connectivity index is 2.49. The van der Waals surface area contributed by atoms with Gasteiger partial charge in [0.15, 0.2) is 0 Å². The van der Waals surface area contributed by atoms with E-state index in [-0.39, 0.29) is 22.3 Å². The van der Waals surface area contributed by atoms with Crippen molar-refractivity contribution in [1.29, 1.82) is 0 Å². The first-order valence-electron chi connectivity index (χ1n) is 9.80. The number of carbonyl (C=O) groups excluding carboxylic acids is 2. The maximum atomic E-state index is 13.4. The molecule has 0 heterocycles. The summed E-state index contributed by atoms with van der Waals surface area (Å²) < 4.78 is 26.0. The number of likely N-dealkylation sites (N-methyl/N-ethyl adjacent to an activating group) is 1. The largest absolute Gasteiger partial charge is 0.355 e. The summed E-state index contributed by atoms with van der Waals surface area (Å²) >= 11 is 24.8.